The number of nitrogens with zero attached hydrogens (tertiary/aromatic N) is 1. The fourth-order valence-electron chi connectivity index (χ4n) is 2.57. The van der Waals surface area contributed by atoms with E-state index in [-0.39, 0.29) is 24.8 Å². The number of thioether (sulfide) groups is 1. The molecule has 0 atom stereocenters. The molecule has 0 aliphatic carbocycles. The third-order valence-electron chi connectivity index (χ3n) is 4.08. The van der Waals surface area contributed by atoms with E-state index in [1.807, 2.05) is 30.5 Å². The van der Waals surface area contributed by atoms with Gasteiger partial charge < -0.3 is 19.7 Å². The van der Waals surface area contributed by atoms with Crippen LogP contribution in [0.4, 0.5) is 5.69 Å². The van der Waals surface area contributed by atoms with Crippen LogP contribution >= 0.6 is 27.7 Å². The summed E-state index contributed by atoms with van der Waals surface area (Å²) in [5, 5.41) is 2.86. The number of nitrogens with one attached hydrogen (secondary N) is 1. The molecule has 0 spiro atoms. The number of hydrogen-bond acceptors (Lipinski definition) is 5. The summed E-state index contributed by atoms with van der Waals surface area (Å²) in [5.74, 6) is 0.693. The number of para-hydroxylation sites is 1. The highest BCUT2D eigenvalue weighted by atomic mass is 79.9. The summed E-state index contributed by atoms with van der Waals surface area (Å²) in [4.78, 5) is 27.3. The van der Waals surface area contributed by atoms with E-state index in [2.05, 4.69) is 21.2 Å². The summed E-state index contributed by atoms with van der Waals surface area (Å²) in [6.07, 6.45) is 2.08. The molecule has 0 aliphatic rings. The third kappa shape index (κ3) is 5.65. The molecule has 8 heteroatoms. The molecule has 0 heterocycles. The zero-order valence-corrected chi connectivity index (χ0v) is 18.6. The van der Waals surface area contributed by atoms with Gasteiger partial charge in [0.2, 0.25) is 11.8 Å². The number of carbonyl (C=O) groups is 2. The largest absolute Gasteiger partial charge is 0.493 e. The topological polar surface area (TPSA) is 67.9 Å². The average molecular weight is 467 g/mol. The van der Waals surface area contributed by atoms with Gasteiger partial charge in [0.1, 0.15) is 0 Å². The summed E-state index contributed by atoms with van der Waals surface area (Å²) in [5.41, 5.74) is 1.49. The third-order valence-corrected chi connectivity index (χ3v) is 5.62. The smallest absolute Gasteiger partial charge is 0.244 e. The van der Waals surface area contributed by atoms with E-state index in [4.69, 9.17) is 9.47 Å². The number of benzene rings is 2. The van der Waals surface area contributed by atoms with E-state index in [1.165, 1.54) is 4.90 Å². The van der Waals surface area contributed by atoms with Crippen LogP contribution in [0.25, 0.3) is 0 Å². The van der Waals surface area contributed by atoms with E-state index in [0.717, 1.165) is 20.6 Å². The maximum Gasteiger partial charge on any atom is 0.244 e. The first-order valence-corrected chi connectivity index (χ1v) is 10.5. The zero-order chi connectivity index (χ0) is 20.7. The number of halogens is 1. The van der Waals surface area contributed by atoms with Crippen LogP contribution in [0.15, 0.2) is 45.8 Å². The van der Waals surface area contributed by atoms with E-state index in [9.17, 15) is 9.59 Å². The van der Waals surface area contributed by atoms with Crippen LogP contribution in [0.2, 0.25) is 0 Å². The van der Waals surface area contributed by atoms with Gasteiger partial charge in [0.05, 0.1) is 32.9 Å². The van der Waals surface area contributed by atoms with E-state index in [0.29, 0.717) is 11.5 Å². The maximum absolute atomic E-state index is 12.6. The van der Waals surface area contributed by atoms with Crippen LogP contribution in [0.3, 0.4) is 0 Å². The fraction of sp³-hybridized carbons (Fsp3) is 0.300. The Bertz CT molecular complexity index is 860. The molecule has 0 saturated carbocycles. The number of anilines is 1. The normalized spacial score (nSPS) is 10.3. The van der Waals surface area contributed by atoms with Crippen LogP contribution in [0.5, 0.6) is 11.5 Å². The SMILES string of the molecule is COc1cc(Br)c(CC(=O)N(C)CC(=O)Nc2ccccc2SC)cc1OC. The van der Waals surface area contributed by atoms with Gasteiger partial charge in [-0.25, -0.2) is 0 Å². The number of amides is 2. The molecule has 0 fully saturated rings. The van der Waals surface area contributed by atoms with Gasteiger partial charge in [0.25, 0.3) is 0 Å². The minimum absolute atomic E-state index is 0.0353. The Morgan fingerprint density at radius 1 is 1.14 bits per heavy atom. The molecule has 2 aromatic carbocycles. The molecule has 0 saturated heterocycles. The van der Waals surface area contributed by atoms with Crippen LogP contribution in [0, 0.1) is 0 Å². The Morgan fingerprint density at radius 2 is 1.79 bits per heavy atom. The number of ether oxygens (including phenoxy) is 2. The van der Waals surface area contributed by atoms with Crippen molar-refractivity contribution in [1.29, 1.82) is 0 Å². The van der Waals surface area contributed by atoms with Gasteiger partial charge in [-0.3, -0.25) is 9.59 Å². The Kier molecular flexibility index (Phi) is 8.19. The van der Waals surface area contributed by atoms with Gasteiger partial charge in [-0.15, -0.1) is 11.8 Å². The van der Waals surface area contributed by atoms with E-state index >= 15 is 0 Å². The van der Waals surface area contributed by atoms with Crippen molar-refractivity contribution in [3.63, 3.8) is 0 Å². The van der Waals surface area contributed by atoms with E-state index in [1.54, 1.807) is 45.2 Å². The fourth-order valence-corrected chi connectivity index (χ4v) is 3.59. The van der Waals surface area contributed by atoms with Gasteiger partial charge in [-0.1, -0.05) is 28.1 Å². The first kappa shape index (κ1) is 22.1. The second-order valence-corrected chi connectivity index (χ2v) is 7.68. The number of likely N-dealkylation sites (N-methyl/N-ethyl adjacent to an activating group) is 1. The lowest BCUT2D eigenvalue weighted by Crippen LogP contribution is -2.36. The lowest BCUT2D eigenvalue weighted by atomic mass is 10.1. The molecule has 28 heavy (non-hydrogen) atoms. The molecule has 0 radical (unpaired) electrons. The molecule has 0 aromatic heterocycles. The predicted molar refractivity (Wildman–Crippen MR) is 115 cm³/mol. The van der Waals surface area contributed by atoms with Crippen molar-refractivity contribution in [3.8, 4) is 11.5 Å². The van der Waals surface area contributed by atoms with Crippen molar-refractivity contribution >= 4 is 45.2 Å². The van der Waals surface area contributed by atoms with Crippen molar-refractivity contribution in [1.82, 2.24) is 4.90 Å². The maximum atomic E-state index is 12.6. The van der Waals surface area contributed by atoms with Crippen molar-refractivity contribution in [2.24, 2.45) is 0 Å². The number of carbonyl (C=O) groups excluding carboxylic acids is 2. The summed E-state index contributed by atoms with van der Waals surface area (Å²) in [7, 11) is 4.70. The second kappa shape index (κ2) is 10.4. The standard InChI is InChI=1S/C20H23BrN2O4S/c1-23(12-19(24)22-15-7-5-6-8-18(15)28-4)20(25)10-13-9-16(26-2)17(27-3)11-14(13)21/h5-9,11H,10,12H2,1-4H3,(H,22,24). The first-order chi connectivity index (χ1) is 13.4. The van der Waals surface area contributed by atoms with Crippen LogP contribution in [-0.2, 0) is 16.0 Å². The minimum Gasteiger partial charge on any atom is -0.493 e. The Hall–Kier alpha value is -2.19. The van der Waals surface area contributed by atoms with Crippen molar-refractivity contribution in [2.75, 3.05) is 39.4 Å². The van der Waals surface area contributed by atoms with Gasteiger partial charge in [0, 0.05) is 16.4 Å². The number of methoxy groups -OCH3 is 2. The van der Waals surface area contributed by atoms with Crippen LogP contribution < -0.4 is 14.8 Å². The highest BCUT2D eigenvalue weighted by Gasteiger charge is 2.17. The molecular formula is C20H23BrN2O4S. The summed E-state index contributed by atoms with van der Waals surface area (Å²) >= 11 is 5.00. The second-order valence-electron chi connectivity index (χ2n) is 5.97. The minimum atomic E-state index is -0.247. The molecule has 2 rings (SSSR count). The zero-order valence-electron chi connectivity index (χ0n) is 16.2. The average Bonchev–Trinajstić information content (AvgIpc) is 2.69. The summed E-state index contributed by atoms with van der Waals surface area (Å²) in [6.45, 7) is -0.0353. The van der Waals surface area contributed by atoms with Gasteiger partial charge in [-0.05, 0) is 36.1 Å². The molecular weight excluding hydrogens is 444 g/mol. The van der Waals surface area contributed by atoms with E-state index < -0.39 is 0 Å². The monoisotopic (exact) mass is 466 g/mol. The van der Waals surface area contributed by atoms with Gasteiger partial charge in [0.15, 0.2) is 11.5 Å². The van der Waals surface area contributed by atoms with Gasteiger partial charge >= 0.3 is 0 Å². The Balaban J connectivity index is 2.02. The molecule has 1 N–H and O–H groups in total. The molecule has 0 aliphatic heterocycles. The predicted octanol–water partition coefficient (Wildman–Crippen LogP) is 3.83. The molecule has 2 amide bonds. The van der Waals surface area contributed by atoms with Crippen molar-refractivity contribution < 1.29 is 19.1 Å². The highest BCUT2D eigenvalue weighted by Crippen LogP contribution is 2.33. The molecule has 0 bridgehead atoms. The molecule has 150 valence electrons. The van der Waals surface area contributed by atoms with Crippen molar-refractivity contribution in [2.45, 2.75) is 11.3 Å². The number of hydrogen-bond donors (Lipinski definition) is 1. The summed E-state index contributed by atoms with van der Waals surface area (Å²) in [6, 6.07) is 11.1. The van der Waals surface area contributed by atoms with Crippen LogP contribution in [0.1, 0.15) is 5.56 Å². The molecule has 0 unspecified atom stereocenters. The quantitative estimate of drug-likeness (QED) is 0.598. The number of rotatable bonds is 8. The Morgan fingerprint density at radius 3 is 2.43 bits per heavy atom. The Labute approximate surface area is 177 Å². The van der Waals surface area contributed by atoms with Gasteiger partial charge in [-0.2, -0.15) is 0 Å². The molecule has 6 nitrogen and oxygen atoms in total. The van der Waals surface area contributed by atoms with Crippen LogP contribution in [-0.4, -0.2) is 50.8 Å². The summed E-state index contributed by atoms with van der Waals surface area (Å²) < 4.78 is 11.3. The highest BCUT2D eigenvalue weighted by molar-refractivity contribution is 9.10. The lowest BCUT2D eigenvalue weighted by molar-refractivity contribution is -0.132. The lowest BCUT2D eigenvalue weighted by Gasteiger charge is -2.18. The molecule has 2 aromatic rings. The van der Waals surface area contributed by atoms with Crippen molar-refractivity contribution in [3.05, 3.63) is 46.4 Å². The first-order valence-electron chi connectivity index (χ1n) is 8.46.